The summed E-state index contributed by atoms with van der Waals surface area (Å²) in [6, 6.07) is 9.33. The Hall–Kier alpha value is -2.51. The molecule has 122 valence electrons. The molecule has 23 heavy (non-hydrogen) atoms. The van der Waals surface area contributed by atoms with Gasteiger partial charge in [-0.1, -0.05) is 30.3 Å². The molecule has 1 aromatic heterocycles. The fourth-order valence-electron chi connectivity index (χ4n) is 2.76. The molecule has 0 amide bonds. The van der Waals surface area contributed by atoms with Gasteiger partial charge in [0.15, 0.2) is 0 Å². The average molecular weight is 325 g/mol. The SMILES string of the molecule is O=c1[nH]c2c(c(=O)n1CC(F)(F)F)CC[C@H](c1ccccc1)N2. The molecule has 2 heterocycles. The second-order valence-electron chi connectivity index (χ2n) is 5.44. The van der Waals surface area contributed by atoms with Crippen molar-refractivity contribution < 1.29 is 13.2 Å². The highest BCUT2D eigenvalue weighted by Crippen LogP contribution is 2.29. The topological polar surface area (TPSA) is 66.9 Å². The second-order valence-corrected chi connectivity index (χ2v) is 5.44. The van der Waals surface area contributed by atoms with Gasteiger partial charge in [0.1, 0.15) is 12.4 Å². The van der Waals surface area contributed by atoms with Crippen molar-refractivity contribution >= 4 is 5.82 Å². The van der Waals surface area contributed by atoms with Gasteiger partial charge >= 0.3 is 11.9 Å². The van der Waals surface area contributed by atoms with Crippen LogP contribution in [0.2, 0.25) is 0 Å². The summed E-state index contributed by atoms with van der Waals surface area (Å²) in [6.07, 6.45) is -3.76. The van der Waals surface area contributed by atoms with E-state index in [1.807, 2.05) is 30.3 Å². The molecule has 5 nitrogen and oxygen atoms in total. The van der Waals surface area contributed by atoms with Crippen LogP contribution in [-0.4, -0.2) is 15.7 Å². The monoisotopic (exact) mass is 325 g/mol. The molecule has 8 heteroatoms. The summed E-state index contributed by atoms with van der Waals surface area (Å²) in [7, 11) is 0. The van der Waals surface area contributed by atoms with Crippen LogP contribution in [0.15, 0.2) is 39.9 Å². The Kier molecular flexibility index (Phi) is 3.75. The Bertz CT molecular complexity index is 825. The number of nitrogens with one attached hydrogen (secondary N) is 2. The van der Waals surface area contributed by atoms with Crippen LogP contribution in [0.4, 0.5) is 19.0 Å². The summed E-state index contributed by atoms with van der Waals surface area (Å²) in [5, 5.41) is 3.03. The molecule has 0 unspecified atom stereocenters. The molecule has 0 spiro atoms. The Balaban J connectivity index is 1.97. The number of rotatable bonds is 2. The number of hydrogen-bond donors (Lipinski definition) is 2. The van der Waals surface area contributed by atoms with Crippen molar-refractivity contribution in [1.29, 1.82) is 0 Å². The predicted molar refractivity (Wildman–Crippen MR) is 78.5 cm³/mol. The van der Waals surface area contributed by atoms with Crippen molar-refractivity contribution in [2.45, 2.75) is 31.6 Å². The minimum Gasteiger partial charge on any atom is -0.364 e. The zero-order valence-corrected chi connectivity index (χ0v) is 12.0. The number of halogens is 3. The van der Waals surface area contributed by atoms with Gasteiger partial charge in [-0.2, -0.15) is 13.2 Å². The van der Waals surface area contributed by atoms with Crippen LogP contribution in [0, 0.1) is 0 Å². The number of fused-ring (bicyclic) bond motifs is 1. The van der Waals surface area contributed by atoms with Gasteiger partial charge in [-0.3, -0.25) is 14.3 Å². The quantitative estimate of drug-likeness (QED) is 0.889. The van der Waals surface area contributed by atoms with Gasteiger partial charge < -0.3 is 5.32 Å². The fraction of sp³-hybridized carbons (Fsp3) is 0.333. The Morgan fingerprint density at radius 2 is 1.87 bits per heavy atom. The van der Waals surface area contributed by atoms with Crippen molar-refractivity contribution in [3.8, 4) is 0 Å². The first-order valence-electron chi connectivity index (χ1n) is 7.09. The number of aromatic nitrogens is 2. The largest absolute Gasteiger partial charge is 0.406 e. The molecular weight excluding hydrogens is 311 g/mol. The molecule has 0 bridgehead atoms. The van der Waals surface area contributed by atoms with Crippen molar-refractivity contribution in [2.75, 3.05) is 5.32 Å². The van der Waals surface area contributed by atoms with E-state index in [-0.39, 0.29) is 22.0 Å². The lowest BCUT2D eigenvalue weighted by Gasteiger charge is -2.27. The molecule has 0 saturated carbocycles. The van der Waals surface area contributed by atoms with Crippen LogP contribution in [0.25, 0.3) is 0 Å². The maximum absolute atomic E-state index is 12.5. The maximum atomic E-state index is 12.5. The van der Waals surface area contributed by atoms with Gasteiger partial charge in [0.25, 0.3) is 5.56 Å². The molecule has 0 fully saturated rings. The molecule has 1 aromatic carbocycles. The molecule has 0 aliphatic carbocycles. The lowest BCUT2D eigenvalue weighted by atomic mass is 9.96. The number of anilines is 1. The first-order chi connectivity index (χ1) is 10.8. The molecule has 0 radical (unpaired) electrons. The van der Waals surface area contributed by atoms with Gasteiger partial charge in [0, 0.05) is 0 Å². The lowest BCUT2D eigenvalue weighted by Crippen LogP contribution is -2.43. The van der Waals surface area contributed by atoms with E-state index in [0.717, 1.165) is 5.56 Å². The van der Waals surface area contributed by atoms with E-state index in [0.29, 0.717) is 12.8 Å². The number of aromatic amines is 1. The van der Waals surface area contributed by atoms with Gasteiger partial charge in [-0.25, -0.2) is 4.79 Å². The minimum atomic E-state index is -4.63. The second kappa shape index (κ2) is 5.60. The Morgan fingerprint density at radius 3 is 2.52 bits per heavy atom. The zero-order valence-electron chi connectivity index (χ0n) is 12.0. The van der Waals surface area contributed by atoms with Crippen molar-refractivity contribution in [3.63, 3.8) is 0 Å². The first-order valence-corrected chi connectivity index (χ1v) is 7.09. The third-order valence-corrected chi connectivity index (χ3v) is 3.82. The Labute approximate surface area is 128 Å². The fourth-order valence-corrected chi connectivity index (χ4v) is 2.76. The normalized spacial score (nSPS) is 17.4. The van der Waals surface area contributed by atoms with Gasteiger partial charge in [0.2, 0.25) is 0 Å². The maximum Gasteiger partial charge on any atom is 0.406 e. The third kappa shape index (κ3) is 3.15. The lowest BCUT2D eigenvalue weighted by molar-refractivity contribution is -0.141. The molecule has 0 saturated heterocycles. The molecule has 3 rings (SSSR count). The minimum absolute atomic E-state index is 0.0998. The molecule has 1 atom stereocenters. The van der Waals surface area contributed by atoms with Crippen LogP contribution < -0.4 is 16.6 Å². The molecule has 2 aromatic rings. The summed E-state index contributed by atoms with van der Waals surface area (Å²) < 4.78 is 37.7. The number of alkyl halides is 3. The summed E-state index contributed by atoms with van der Waals surface area (Å²) in [4.78, 5) is 26.3. The van der Waals surface area contributed by atoms with Crippen LogP contribution in [0.3, 0.4) is 0 Å². The highest BCUT2D eigenvalue weighted by atomic mass is 19.4. The van der Waals surface area contributed by atoms with E-state index < -0.39 is 24.0 Å². The molecule has 1 aliphatic heterocycles. The summed E-state index contributed by atoms with van der Waals surface area (Å²) in [6.45, 7) is -1.59. The number of benzene rings is 1. The average Bonchev–Trinajstić information content (AvgIpc) is 2.51. The smallest absolute Gasteiger partial charge is 0.364 e. The van der Waals surface area contributed by atoms with Gasteiger partial charge in [-0.15, -0.1) is 0 Å². The number of hydrogen-bond acceptors (Lipinski definition) is 3. The van der Waals surface area contributed by atoms with E-state index >= 15 is 0 Å². The number of nitrogens with zero attached hydrogens (tertiary/aromatic N) is 1. The van der Waals surface area contributed by atoms with E-state index in [9.17, 15) is 22.8 Å². The summed E-state index contributed by atoms with van der Waals surface area (Å²) in [5.74, 6) is 0.207. The van der Waals surface area contributed by atoms with Crippen LogP contribution in [0.5, 0.6) is 0 Å². The summed E-state index contributed by atoms with van der Waals surface area (Å²) in [5.41, 5.74) is -0.785. The molecule has 1 aliphatic rings. The van der Waals surface area contributed by atoms with Gasteiger partial charge in [-0.05, 0) is 18.4 Å². The standard InChI is InChI=1S/C15H14F3N3O2/c16-15(17,18)8-21-13(22)10-6-7-11(9-4-2-1-3-5-9)19-12(10)20-14(21)23/h1-5,11,19H,6-8H2,(H,20,23)/t11-/m1/s1. The zero-order chi connectivity index (χ0) is 16.6. The van der Waals surface area contributed by atoms with Crippen molar-refractivity contribution in [3.05, 3.63) is 62.3 Å². The van der Waals surface area contributed by atoms with Crippen molar-refractivity contribution in [2.24, 2.45) is 0 Å². The van der Waals surface area contributed by atoms with E-state index in [2.05, 4.69) is 10.3 Å². The third-order valence-electron chi connectivity index (χ3n) is 3.82. The van der Waals surface area contributed by atoms with E-state index in [1.54, 1.807) is 0 Å². The predicted octanol–water partition coefficient (Wildman–Crippen LogP) is 2.20. The van der Waals surface area contributed by atoms with Gasteiger partial charge in [0.05, 0.1) is 11.6 Å². The van der Waals surface area contributed by atoms with Crippen LogP contribution in [0.1, 0.15) is 23.6 Å². The summed E-state index contributed by atoms with van der Waals surface area (Å²) >= 11 is 0. The van der Waals surface area contributed by atoms with Crippen LogP contribution in [-0.2, 0) is 13.0 Å². The number of H-pyrrole nitrogens is 1. The highest BCUT2D eigenvalue weighted by molar-refractivity contribution is 5.47. The highest BCUT2D eigenvalue weighted by Gasteiger charge is 2.31. The van der Waals surface area contributed by atoms with Crippen molar-refractivity contribution in [1.82, 2.24) is 9.55 Å². The van der Waals surface area contributed by atoms with E-state index in [4.69, 9.17) is 0 Å². The van der Waals surface area contributed by atoms with E-state index in [1.165, 1.54) is 0 Å². The van der Waals surface area contributed by atoms with Crippen LogP contribution >= 0.6 is 0 Å². The molecular formula is C15H14F3N3O2. The Morgan fingerprint density at radius 1 is 1.17 bits per heavy atom. The molecule has 2 N–H and O–H groups in total. The first kappa shape index (κ1) is 15.4.